The van der Waals surface area contributed by atoms with Crippen LogP contribution in [0.2, 0.25) is 10.0 Å². The molecule has 0 aromatic heterocycles. The van der Waals surface area contributed by atoms with Crippen LogP contribution in [0.3, 0.4) is 0 Å². The van der Waals surface area contributed by atoms with Gasteiger partial charge in [0.2, 0.25) is 21.8 Å². The molecule has 3 aromatic rings. The fraction of sp³-hybridized carbons (Fsp3) is 0.310. The number of nitrogens with one attached hydrogen (secondary N) is 1. The van der Waals surface area contributed by atoms with Crippen LogP contribution in [0.5, 0.6) is 0 Å². The molecule has 0 heterocycles. The smallest absolute Gasteiger partial charge is 0.244 e. The van der Waals surface area contributed by atoms with E-state index in [1.165, 1.54) is 17.0 Å². The van der Waals surface area contributed by atoms with Crippen LogP contribution in [-0.2, 0) is 32.6 Å². The van der Waals surface area contributed by atoms with E-state index in [0.29, 0.717) is 22.2 Å². The van der Waals surface area contributed by atoms with E-state index in [4.69, 9.17) is 23.2 Å². The third-order valence-electron chi connectivity index (χ3n) is 6.28. The topological polar surface area (TPSA) is 86.8 Å². The molecule has 214 valence electrons. The van der Waals surface area contributed by atoms with Crippen molar-refractivity contribution in [3.05, 3.63) is 99.8 Å². The van der Waals surface area contributed by atoms with Crippen molar-refractivity contribution in [2.24, 2.45) is 0 Å². The maximum Gasteiger partial charge on any atom is 0.244 e. The summed E-state index contributed by atoms with van der Waals surface area (Å²) in [5.74, 6) is -1.59. The highest BCUT2D eigenvalue weighted by molar-refractivity contribution is 7.92. The number of carbonyl (C=O) groups excluding carboxylic acids is 2. The molecule has 40 heavy (non-hydrogen) atoms. The van der Waals surface area contributed by atoms with Crippen molar-refractivity contribution in [2.75, 3.05) is 23.7 Å². The van der Waals surface area contributed by atoms with Gasteiger partial charge < -0.3 is 10.2 Å². The van der Waals surface area contributed by atoms with Gasteiger partial charge in [0.1, 0.15) is 18.4 Å². The number of benzene rings is 3. The summed E-state index contributed by atoms with van der Waals surface area (Å²) in [5, 5.41) is 3.50. The number of amides is 2. The summed E-state index contributed by atoms with van der Waals surface area (Å²) >= 11 is 12.9. The van der Waals surface area contributed by atoms with Crippen molar-refractivity contribution in [2.45, 2.75) is 38.8 Å². The number of rotatable bonds is 13. The maximum atomic E-state index is 14.0. The molecule has 3 rings (SSSR count). The highest BCUT2D eigenvalue weighted by atomic mass is 35.5. The van der Waals surface area contributed by atoms with Crippen LogP contribution in [0.15, 0.2) is 72.8 Å². The van der Waals surface area contributed by atoms with Crippen molar-refractivity contribution in [3.8, 4) is 0 Å². The third-order valence-corrected chi connectivity index (χ3v) is 8.13. The number of anilines is 1. The van der Waals surface area contributed by atoms with E-state index in [-0.39, 0.29) is 24.6 Å². The summed E-state index contributed by atoms with van der Waals surface area (Å²) in [6.45, 7) is 1.65. The number of unbranched alkanes of at least 4 members (excludes halogenated alkanes) is 1. The third kappa shape index (κ3) is 8.68. The van der Waals surface area contributed by atoms with Gasteiger partial charge in [-0.1, -0.05) is 72.9 Å². The van der Waals surface area contributed by atoms with E-state index >= 15 is 0 Å². The summed E-state index contributed by atoms with van der Waals surface area (Å²) in [6, 6.07) is 17.9. The Morgan fingerprint density at radius 1 is 0.950 bits per heavy atom. The largest absolute Gasteiger partial charge is 0.354 e. The Morgan fingerprint density at radius 2 is 1.57 bits per heavy atom. The lowest BCUT2D eigenvalue weighted by atomic mass is 10.0. The molecular formula is C29H32Cl2FN3O4S. The van der Waals surface area contributed by atoms with Gasteiger partial charge in [-0.3, -0.25) is 13.9 Å². The van der Waals surface area contributed by atoms with Crippen molar-refractivity contribution in [1.82, 2.24) is 10.2 Å². The Balaban J connectivity index is 2.07. The van der Waals surface area contributed by atoms with Gasteiger partial charge in [-0.2, -0.15) is 0 Å². The van der Waals surface area contributed by atoms with Crippen LogP contribution in [0.4, 0.5) is 10.1 Å². The van der Waals surface area contributed by atoms with E-state index in [1.54, 1.807) is 18.2 Å². The zero-order valence-corrected chi connectivity index (χ0v) is 24.6. The summed E-state index contributed by atoms with van der Waals surface area (Å²) in [7, 11) is -3.96. The molecule has 0 radical (unpaired) electrons. The standard InChI is InChI=1S/C29H32Cl2FN3O4S/c1-3-4-17-33-29(37)27(18-21-9-6-5-7-10-21)34(19-24-25(30)11-8-12-26(24)31)28(36)20-35(40(2,38)39)23-15-13-22(32)14-16-23/h5-16,27H,3-4,17-20H2,1-2H3,(H,33,37). The fourth-order valence-corrected chi connectivity index (χ4v) is 5.50. The highest BCUT2D eigenvalue weighted by Crippen LogP contribution is 2.28. The van der Waals surface area contributed by atoms with E-state index in [0.717, 1.165) is 41.1 Å². The first-order valence-corrected chi connectivity index (χ1v) is 15.4. The van der Waals surface area contributed by atoms with Gasteiger partial charge in [0.25, 0.3) is 0 Å². The molecule has 0 fully saturated rings. The number of hydrogen-bond acceptors (Lipinski definition) is 4. The van der Waals surface area contributed by atoms with E-state index < -0.39 is 34.3 Å². The van der Waals surface area contributed by atoms with Crippen LogP contribution >= 0.6 is 23.2 Å². The molecule has 0 spiro atoms. The second-order valence-electron chi connectivity index (χ2n) is 9.32. The molecule has 3 aromatic carbocycles. The molecule has 11 heteroatoms. The van der Waals surface area contributed by atoms with E-state index in [1.807, 2.05) is 37.3 Å². The molecule has 0 saturated carbocycles. The molecule has 0 saturated heterocycles. The Hall–Kier alpha value is -3.14. The van der Waals surface area contributed by atoms with Crippen LogP contribution in [0.25, 0.3) is 0 Å². The molecule has 1 atom stereocenters. The second-order valence-corrected chi connectivity index (χ2v) is 12.0. The van der Waals surface area contributed by atoms with E-state index in [9.17, 15) is 22.4 Å². The molecular weight excluding hydrogens is 576 g/mol. The van der Waals surface area contributed by atoms with Gasteiger partial charge in [0, 0.05) is 35.1 Å². The van der Waals surface area contributed by atoms with Gasteiger partial charge in [-0.15, -0.1) is 0 Å². The van der Waals surface area contributed by atoms with Gasteiger partial charge in [-0.05, 0) is 48.4 Å². The molecule has 0 aliphatic rings. The SMILES string of the molecule is CCCCNC(=O)C(Cc1ccccc1)N(Cc1c(Cl)cccc1Cl)C(=O)CN(c1ccc(F)cc1)S(C)(=O)=O. The van der Waals surface area contributed by atoms with Crippen LogP contribution < -0.4 is 9.62 Å². The number of nitrogens with zero attached hydrogens (tertiary/aromatic N) is 2. The summed E-state index contributed by atoms with van der Waals surface area (Å²) < 4.78 is 40.0. The van der Waals surface area contributed by atoms with Crippen molar-refractivity contribution in [1.29, 1.82) is 0 Å². The minimum atomic E-state index is -3.96. The average molecular weight is 609 g/mol. The van der Waals surface area contributed by atoms with Gasteiger partial charge in [0.05, 0.1) is 11.9 Å². The zero-order chi connectivity index (χ0) is 29.3. The van der Waals surface area contributed by atoms with Crippen LogP contribution in [-0.4, -0.2) is 50.5 Å². The second kappa shape index (κ2) is 14.5. The van der Waals surface area contributed by atoms with E-state index in [2.05, 4.69) is 5.32 Å². The number of halogens is 3. The number of sulfonamides is 1. The lowest BCUT2D eigenvalue weighted by molar-refractivity contribution is -0.140. The fourth-order valence-electron chi connectivity index (χ4n) is 4.13. The predicted molar refractivity (Wildman–Crippen MR) is 157 cm³/mol. The molecule has 1 N–H and O–H groups in total. The zero-order valence-electron chi connectivity index (χ0n) is 22.3. The minimum Gasteiger partial charge on any atom is -0.354 e. The van der Waals surface area contributed by atoms with Crippen molar-refractivity contribution < 1.29 is 22.4 Å². The van der Waals surface area contributed by atoms with Crippen LogP contribution in [0.1, 0.15) is 30.9 Å². The normalized spacial score (nSPS) is 12.0. The quantitative estimate of drug-likeness (QED) is 0.262. The lowest BCUT2D eigenvalue weighted by Crippen LogP contribution is -2.53. The molecule has 0 aliphatic carbocycles. The highest BCUT2D eigenvalue weighted by Gasteiger charge is 2.33. The molecule has 0 aliphatic heterocycles. The lowest BCUT2D eigenvalue weighted by Gasteiger charge is -2.34. The molecule has 1 unspecified atom stereocenters. The first-order valence-electron chi connectivity index (χ1n) is 12.8. The predicted octanol–water partition coefficient (Wildman–Crippen LogP) is 5.45. The van der Waals surface area contributed by atoms with Crippen LogP contribution in [0, 0.1) is 5.82 Å². The van der Waals surface area contributed by atoms with Crippen molar-refractivity contribution >= 4 is 50.7 Å². The average Bonchev–Trinajstić information content (AvgIpc) is 2.91. The molecule has 2 amide bonds. The number of carbonyl (C=O) groups is 2. The molecule has 7 nitrogen and oxygen atoms in total. The Morgan fingerprint density at radius 3 is 2.15 bits per heavy atom. The first-order chi connectivity index (χ1) is 19.0. The Labute approximate surface area is 244 Å². The van der Waals surface area contributed by atoms with Gasteiger partial charge >= 0.3 is 0 Å². The summed E-state index contributed by atoms with van der Waals surface area (Å²) in [6.07, 6.45) is 2.74. The Kier molecular flexibility index (Phi) is 11.4. The maximum absolute atomic E-state index is 14.0. The molecule has 0 bridgehead atoms. The number of hydrogen-bond donors (Lipinski definition) is 1. The van der Waals surface area contributed by atoms with Gasteiger partial charge in [0.15, 0.2) is 0 Å². The summed E-state index contributed by atoms with van der Waals surface area (Å²) in [4.78, 5) is 28.9. The Bertz CT molecular complexity index is 1390. The summed E-state index contributed by atoms with van der Waals surface area (Å²) in [5.41, 5.74) is 1.34. The minimum absolute atomic E-state index is 0.111. The monoisotopic (exact) mass is 607 g/mol. The van der Waals surface area contributed by atoms with Gasteiger partial charge in [-0.25, -0.2) is 12.8 Å². The van der Waals surface area contributed by atoms with Crippen molar-refractivity contribution in [3.63, 3.8) is 0 Å². The first kappa shape index (κ1) is 31.4.